The molecule has 1 aromatic rings. The summed E-state index contributed by atoms with van der Waals surface area (Å²) in [5.41, 5.74) is 0.583. The molecule has 0 atom stereocenters. The van der Waals surface area contributed by atoms with Gasteiger partial charge in [-0.1, -0.05) is 0 Å². The summed E-state index contributed by atoms with van der Waals surface area (Å²) in [4.78, 5) is 15.5. The number of carbonyl (C=O) groups excluding carboxylic acids is 1. The van der Waals surface area contributed by atoms with Crippen molar-refractivity contribution < 1.29 is 22.7 Å². The van der Waals surface area contributed by atoms with Crippen molar-refractivity contribution in [1.82, 2.24) is 9.29 Å². The van der Waals surface area contributed by atoms with Crippen molar-refractivity contribution in [2.45, 2.75) is 11.9 Å². The lowest BCUT2D eigenvalue weighted by Crippen LogP contribution is -2.41. The number of nitrogens with zero attached hydrogens (tertiary/aromatic N) is 2. The normalized spacial score (nSPS) is 16.9. The van der Waals surface area contributed by atoms with E-state index in [1.165, 1.54) is 23.5 Å². The Morgan fingerprint density at radius 3 is 2.55 bits per heavy atom. The molecule has 2 rings (SSSR count). The SMILES string of the molecule is COC(=O)c1ccc(S(=O)(=O)N2CCOCC2)nc1C. The molecule has 8 heteroatoms. The molecule has 0 amide bonds. The topological polar surface area (TPSA) is 85.8 Å². The van der Waals surface area contributed by atoms with Gasteiger partial charge in [0.05, 0.1) is 31.6 Å². The molecule has 1 aliphatic rings. The lowest BCUT2D eigenvalue weighted by atomic mass is 10.2. The standard InChI is InChI=1S/C12H16N2O5S/c1-9-10(12(15)18-2)3-4-11(13-9)20(16,17)14-5-7-19-8-6-14/h3-4H,5-8H2,1-2H3. The molecular formula is C12H16N2O5S. The lowest BCUT2D eigenvalue weighted by molar-refractivity contribution is 0.0599. The van der Waals surface area contributed by atoms with Gasteiger partial charge in [-0.15, -0.1) is 0 Å². The first kappa shape index (κ1) is 14.9. The van der Waals surface area contributed by atoms with E-state index < -0.39 is 16.0 Å². The van der Waals surface area contributed by atoms with E-state index >= 15 is 0 Å². The minimum Gasteiger partial charge on any atom is -0.465 e. The van der Waals surface area contributed by atoms with Crippen LogP contribution in [-0.2, 0) is 19.5 Å². The smallest absolute Gasteiger partial charge is 0.339 e. The van der Waals surface area contributed by atoms with Crippen LogP contribution in [0.2, 0.25) is 0 Å². The van der Waals surface area contributed by atoms with Crippen LogP contribution in [0, 0.1) is 6.92 Å². The van der Waals surface area contributed by atoms with Crippen molar-refractivity contribution in [3.05, 3.63) is 23.4 Å². The quantitative estimate of drug-likeness (QED) is 0.741. The number of sulfonamides is 1. The molecule has 0 aromatic carbocycles. The van der Waals surface area contributed by atoms with Gasteiger partial charge in [0.15, 0.2) is 5.03 Å². The lowest BCUT2D eigenvalue weighted by Gasteiger charge is -2.25. The minimum absolute atomic E-state index is 0.0652. The maximum atomic E-state index is 12.4. The summed E-state index contributed by atoms with van der Waals surface area (Å²) in [5, 5.41) is -0.0652. The molecule has 1 aromatic heterocycles. The molecule has 110 valence electrons. The van der Waals surface area contributed by atoms with Crippen LogP contribution >= 0.6 is 0 Å². The number of pyridine rings is 1. The Morgan fingerprint density at radius 2 is 2.00 bits per heavy atom. The first-order valence-electron chi connectivity index (χ1n) is 6.10. The number of hydrogen-bond donors (Lipinski definition) is 0. The second kappa shape index (κ2) is 5.86. The molecule has 1 aliphatic heterocycles. The molecule has 2 heterocycles. The van der Waals surface area contributed by atoms with E-state index in [2.05, 4.69) is 9.72 Å². The highest BCUT2D eigenvalue weighted by Crippen LogP contribution is 2.17. The van der Waals surface area contributed by atoms with Crippen LogP contribution in [0.5, 0.6) is 0 Å². The number of methoxy groups -OCH3 is 1. The Morgan fingerprint density at radius 1 is 1.35 bits per heavy atom. The minimum atomic E-state index is -3.64. The Balaban J connectivity index is 2.33. The van der Waals surface area contributed by atoms with Gasteiger partial charge in [0.1, 0.15) is 0 Å². The first-order chi connectivity index (χ1) is 9.46. The predicted molar refractivity (Wildman–Crippen MR) is 69.9 cm³/mol. The van der Waals surface area contributed by atoms with Crippen LogP contribution in [0.1, 0.15) is 16.1 Å². The summed E-state index contributed by atoms with van der Waals surface area (Å²) < 4.78 is 35.8. The number of hydrogen-bond acceptors (Lipinski definition) is 6. The number of rotatable bonds is 3. The molecular weight excluding hydrogens is 284 g/mol. The predicted octanol–water partition coefficient (Wildman–Crippen LogP) is 0.198. The highest BCUT2D eigenvalue weighted by molar-refractivity contribution is 7.89. The molecule has 0 bridgehead atoms. The fourth-order valence-corrected chi connectivity index (χ4v) is 3.31. The van der Waals surface area contributed by atoms with E-state index in [-0.39, 0.29) is 10.6 Å². The fourth-order valence-electron chi connectivity index (χ4n) is 1.93. The molecule has 0 aliphatic carbocycles. The third kappa shape index (κ3) is 2.82. The van der Waals surface area contributed by atoms with Gasteiger partial charge in [-0.3, -0.25) is 0 Å². The van der Waals surface area contributed by atoms with Gasteiger partial charge in [0, 0.05) is 13.1 Å². The van der Waals surface area contributed by atoms with Gasteiger partial charge in [-0.05, 0) is 19.1 Å². The Labute approximate surface area is 117 Å². The second-order valence-corrected chi connectivity index (χ2v) is 6.18. The van der Waals surface area contributed by atoms with Crippen LogP contribution in [0.25, 0.3) is 0 Å². The number of esters is 1. The summed E-state index contributed by atoms with van der Waals surface area (Å²) >= 11 is 0. The maximum Gasteiger partial charge on any atom is 0.339 e. The molecule has 0 N–H and O–H groups in total. The zero-order valence-corrected chi connectivity index (χ0v) is 12.1. The van der Waals surface area contributed by atoms with E-state index in [4.69, 9.17) is 4.74 Å². The summed E-state index contributed by atoms with van der Waals surface area (Å²) in [6.07, 6.45) is 0. The molecule has 0 saturated carbocycles. The van der Waals surface area contributed by atoms with Gasteiger partial charge < -0.3 is 9.47 Å². The van der Waals surface area contributed by atoms with Gasteiger partial charge >= 0.3 is 5.97 Å². The molecule has 0 spiro atoms. The van der Waals surface area contributed by atoms with E-state index in [9.17, 15) is 13.2 Å². The van der Waals surface area contributed by atoms with Crippen LogP contribution in [0.15, 0.2) is 17.2 Å². The van der Waals surface area contributed by atoms with Gasteiger partial charge in [0.2, 0.25) is 0 Å². The van der Waals surface area contributed by atoms with Gasteiger partial charge in [-0.2, -0.15) is 4.31 Å². The monoisotopic (exact) mass is 300 g/mol. The van der Waals surface area contributed by atoms with Crippen LogP contribution in [0.3, 0.4) is 0 Å². The molecule has 0 unspecified atom stereocenters. The van der Waals surface area contributed by atoms with Crippen LogP contribution in [0.4, 0.5) is 0 Å². The molecule has 20 heavy (non-hydrogen) atoms. The first-order valence-corrected chi connectivity index (χ1v) is 7.54. The van der Waals surface area contributed by atoms with E-state index in [0.29, 0.717) is 32.0 Å². The maximum absolute atomic E-state index is 12.4. The number of aromatic nitrogens is 1. The number of aryl methyl sites for hydroxylation is 1. The molecule has 1 saturated heterocycles. The Kier molecular flexibility index (Phi) is 4.36. The summed E-state index contributed by atoms with van der Waals surface area (Å²) in [6.45, 7) is 2.94. The highest BCUT2D eigenvalue weighted by Gasteiger charge is 2.28. The summed E-state index contributed by atoms with van der Waals surface area (Å²) in [7, 11) is -2.38. The average molecular weight is 300 g/mol. The zero-order chi connectivity index (χ0) is 14.8. The fraction of sp³-hybridized carbons (Fsp3) is 0.500. The number of carbonyl (C=O) groups is 1. The van der Waals surface area contributed by atoms with E-state index in [1.54, 1.807) is 6.92 Å². The second-order valence-electron chi connectivity index (χ2n) is 4.29. The van der Waals surface area contributed by atoms with Crippen molar-refractivity contribution in [3.63, 3.8) is 0 Å². The van der Waals surface area contributed by atoms with Crippen molar-refractivity contribution >= 4 is 16.0 Å². The van der Waals surface area contributed by atoms with Crippen molar-refractivity contribution in [3.8, 4) is 0 Å². The van der Waals surface area contributed by atoms with Crippen molar-refractivity contribution in [2.24, 2.45) is 0 Å². The highest BCUT2D eigenvalue weighted by atomic mass is 32.2. The Bertz CT molecular complexity index is 608. The Hall–Kier alpha value is -1.51. The zero-order valence-electron chi connectivity index (χ0n) is 11.3. The number of ether oxygens (including phenoxy) is 2. The molecule has 1 fully saturated rings. The van der Waals surface area contributed by atoms with Gasteiger partial charge in [0.25, 0.3) is 10.0 Å². The third-order valence-corrected chi connectivity index (χ3v) is 4.84. The van der Waals surface area contributed by atoms with Crippen LogP contribution in [-0.4, -0.2) is 57.1 Å². The number of morpholine rings is 1. The average Bonchev–Trinajstić information content (AvgIpc) is 2.47. The molecule has 7 nitrogen and oxygen atoms in total. The van der Waals surface area contributed by atoms with Crippen LogP contribution < -0.4 is 0 Å². The van der Waals surface area contributed by atoms with Gasteiger partial charge in [-0.25, -0.2) is 18.2 Å². The van der Waals surface area contributed by atoms with Crippen molar-refractivity contribution in [2.75, 3.05) is 33.4 Å². The van der Waals surface area contributed by atoms with E-state index in [0.717, 1.165) is 0 Å². The summed E-state index contributed by atoms with van der Waals surface area (Å²) in [5.74, 6) is -0.537. The van der Waals surface area contributed by atoms with Crippen molar-refractivity contribution in [1.29, 1.82) is 0 Å². The summed E-state index contributed by atoms with van der Waals surface area (Å²) in [6, 6.07) is 2.74. The van der Waals surface area contributed by atoms with E-state index in [1.807, 2.05) is 0 Å². The largest absolute Gasteiger partial charge is 0.465 e. The third-order valence-electron chi connectivity index (χ3n) is 3.04. The molecule has 0 radical (unpaired) electrons.